The Kier molecular flexibility index (Phi) is 6.19. The molecule has 0 spiro atoms. The number of benzene rings is 1. The van der Waals surface area contributed by atoms with Crippen molar-refractivity contribution in [3.63, 3.8) is 0 Å². The molecule has 2 aromatic heterocycles. The Morgan fingerprint density at radius 1 is 1.20 bits per heavy atom. The third-order valence-electron chi connectivity index (χ3n) is 5.01. The lowest BCUT2D eigenvalue weighted by Crippen LogP contribution is -2.49. The largest absolute Gasteiger partial charge is 0.368 e. The van der Waals surface area contributed by atoms with Gasteiger partial charge >= 0.3 is 0 Å². The molecule has 9 heteroatoms. The van der Waals surface area contributed by atoms with E-state index < -0.39 is 0 Å². The van der Waals surface area contributed by atoms with E-state index >= 15 is 0 Å². The number of carbonyl (C=O) groups excluding carboxylic acids is 1. The van der Waals surface area contributed by atoms with E-state index in [1.165, 1.54) is 35.2 Å². The second-order valence-corrected chi connectivity index (χ2v) is 8.71. The molecule has 0 radical (unpaired) electrons. The Morgan fingerprint density at radius 2 is 1.93 bits per heavy atom. The maximum atomic E-state index is 13.1. The van der Waals surface area contributed by atoms with E-state index in [2.05, 4.69) is 16.5 Å². The first kappa shape index (κ1) is 20.6. The fraction of sp³-hybridized carbons (Fsp3) is 0.286. The first-order valence-electron chi connectivity index (χ1n) is 9.57. The van der Waals surface area contributed by atoms with Crippen LogP contribution in [0.1, 0.15) is 0 Å². The van der Waals surface area contributed by atoms with Crippen LogP contribution in [-0.2, 0) is 11.3 Å². The van der Waals surface area contributed by atoms with Gasteiger partial charge in [-0.1, -0.05) is 17.8 Å². The maximum Gasteiger partial charge on any atom is 0.263 e. The van der Waals surface area contributed by atoms with Gasteiger partial charge in [0.2, 0.25) is 5.91 Å². The molecule has 0 bridgehead atoms. The van der Waals surface area contributed by atoms with Gasteiger partial charge in [-0.25, -0.2) is 9.37 Å². The second kappa shape index (κ2) is 9.01. The number of thiophene rings is 1. The summed E-state index contributed by atoms with van der Waals surface area (Å²) in [4.78, 5) is 34.6. The van der Waals surface area contributed by atoms with Gasteiger partial charge in [0, 0.05) is 38.4 Å². The molecule has 156 valence electrons. The second-order valence-electron chi connectivity index (χ2n) is 6.87. The molecule has 3 heterocycles. The highest BCUT2D eigenvalue weighted by Crippen LogP contribution is 2.22. The average molecular weight is 445 g/mol. The molecule has 0 unspecified atom stereocenters. The molecular formula is C21H21FN4O2S2. The number of nitrogens with zero attached hydrogens (tertiary/aromatic N) is 4. The molecule has 0 aliphatic carbocycles. The fourth-order valence-electron chi connectivity index (χ4n) is 3.41. The van der Waals surface area contributed by atoms with Crippen LogP contribution < -0.4 is 10.5 Å². The number of halogens is 1. The van der Waals surface area contributed by atoms with Crippen molar-refractivity contribution in [2.24, 2.45) is 0 Å². The zero-order valence-corrected chi connectivity index (χ0v) is 17.9. The van der Waals surface area contributed by atoms with E-state index in [0.29, 0.717) is 48.1 Å². The van der Waals surface area contributed by atoms with E-state index in [0.717, 1.165) is 5.69 Å². The van der Waals surface area contributed by atoms with Crippen LogP contribution in [-0.4, -0.2) is 52.3 Å². The van der Waals surface area contributed by atoms with Crippen LogP contribution in [0.15, 0.2) is 58.3 Å². The zero-order chi connectivity index (χ0) is 21.1. The molecule has 4 rings (SSSR count). The van der Waals surface area contributed by atoms with Crippen LogP contribution in [0.5, 0.6) is 0 Å². The zero-order valence-electron chi connectivity index (χ0n) is 16.3. The monoisotopic (exact) mass is 444 g/mol. The van der Waals surface area contributed by atoms with Gasteiger partial charge in [0.05, 0.1) is 11.1 Å². The van der Waals surface area contributed by atoms with E-state index in [9.17, 15) is 14.0 Å². The number of piperazine rings is 1. The highest BCUT2D eigenvalue weighted by molar-refractivity contribution is 7.99. The lowest BCUT2D eigenvalue weighted by molar-refractivity contribution is -0.128. The number of aromatic nitrogens is 2. The lowest BCUT2D eigenvalue weighted by Gasteiger charge is -2.36. The average Bonchev–Trinajstić information content (AvgIpc) is 3.24. The fourth-order valence-corrected chi connectivity index (χ4v) is 5.13. The Hall–Kier alpha value is -2.65. The smallest absolute Gasteiger partial charge is 0.263 e. The summed E-state index contributed by atoms with van der Waals surface area (Å²) in [5, 5.41) is 2.97. The van der Waals surface area contributed by atoms with Gasteiger partial charge in [0.1, 0.15) is 10.6 Å². The minimum absolute atomic E-state index is 0.0180. The molecule has 3 aromatic rings. The number of allylic oxidation sites excluding steroid dienone is 1. The molecule has 1 aliphatic heterocycles. The number of rotatable bonds is 6. The number of hydrogen-bond acceptors (Lipinski definition) is 6. The summed E-state index contributed by atoms with van der Waals surface area (Å²) in [6, 6.07) is 8.18. The van der Waals surface area contributed by atoms with Crippen molar-refractivity contribution in [1.29, 1.82) is 0 Å². The Morgan fingerprint density at radius 3 is 2.63 bits per heavy atom. The standard InChI is InChI=1S/C21H21FN4O2S2/c1-2-8-26-20(28)17-7-13-29-19(17)23-21(26)30-14-18(27)25-11-9-24(10-12-25)16-5-3-15(22)4-6-16/h2-7,13H,1,8-12,14H2. The molecule has 6 nitrogen and oxygen atoms in total. The van der Waals surface area contributed by atoms with Gasteiger partial charge in [-0.2, -0.15) is 0 Å². The molecule has 1 amide bonds. The molecule has 1 saturated heterocycles. The van der Waals surface area contributed by atoms with Crippen molar-refractivity contribution in [2.45, 2.75) is 11.7 Å². The summed E-state index contributed by atoms with van der Waals surface area (Å²) in [7, 11) is 0. The van der Waals surface area contributed by atoms with Crippen molar-refractivity contribution in [2.75, 3.05) is 36.8 Å². The van der Waals surface area contributed by atoms with Gasteiger partial charge in [-0.3, -0.25) is 14.2 Å². The summed E-state index contributed by atoms with van der Waals surface area (Å²) in [6.45, 7) is 6.67. The van der Waals surface area contributed by atoms with Gasteiger partial charge in [-0.15, -0.1) is 17.9 Å². The van der Waals surface area contributed by atoms with Crippen molar-refractivity contribution < 1.29 is 9.18 Å². The third-order valence-corrected chi connectivity index (χ3v) is 6.78. The van der Waals surface area contributed by atoms with Gasteiger partial charge in [0.25, 0.3) is 5.56 Å². The van der Waals surface area contributed by atoms with Crippen LogP contribution >= 0.6 is 23.1 Å². The molecule has 1 aliphatic rings. The third kappa shape index (κ3) is 4.27. The van der Waals surface area contributed by atoms with Crippen molar-refractivity contribution in [1.82, 2.24) is 14.5 Å². The number of hydrogen-bond donors (Lipinski definition) is 0. The Labute approximate surface area is 181 Å². The Bertz CT molecular complexity index is 1120. The molecule has 1 aromatic carbocycles. The molecule has 0 atom stereocenters. The first-order chi connectivity index (χ1) is 14.6. The first-order valence-corrected chi connectivity index (χ1v) is 11.4. The van der Waals surface area contributed by atoms with Crippen LogP contribution in [0.2, 0.25) is 0 Å². The number of thioether (sulfide) groups is 1. The van der Waals surface area contributed by atoms with Crippen molar-refractivity contribution in [3.8, 4) is 0 Å². The van der Waals surface area contributed by atoms with E-state index in [4.69, 9.17) is 0 Å². The predicted octanol–water partition coefficient (Wildman–Crippen LogP) is 3.22. The van der Waals surface area contributed by atoms with Crippen molar-refractivity contribution in [3.05, 3.63) is 64.5 Å². The summed E-state index contributed by atoms with van der Waals surface area (Å²) < 4.78 is 14.7. The van der Waals surface area contributed by atoms with Crippen LogP contribution in [0.4, 0.5) is 10.1 Å². The molecule has 30 heavy (non-hydrogen) atoms. The van der Waals surface area contributed by atoms with Crippen LogP contribution in [0.3, 0.4) is 0 Å². The summed E-state index contributed by atoms with van der Waals surface area (Å²) in [5.41, 5.74) is 0.851. The molecule has 0 N–H and O–H groups in total. The maximum absolute atomic E-state index is 13.1. The minimum Gasteiger partial charge on any atom is -0.368 e. The number of amides is 1. The quantitative estimate of drug-likeness (QED) is 0.332. The topological polar surface area (TPSA) is 58.4 Å². The summed E-state index contributed by atoms with van der Waals surface area (Å²) >= 11 is 2.70. The van der Waals surface area contributed by atoms with Gasteiger partial charge < -0.3 is 9.80 Å². The van der Waals surface area contributed by atoms with Gasteiger partial charge in [0.15, 0.2) is 5.16 Å². The summed E-state index contributed by atoms with van der Waals surface area (Å²) in [6.07, 6.45) is 1.65. The lowest BCUT2D eigenvalue weighted by atomic mass is 10.2. The Balaban J connectivity index is 1.39. The molecule has 1 fully saturated rings. The minimum atomic E-state index is -0.256. The van der Waals surface area contributed by atoms with Crippen molar-refractivity contribution >= 4 is 44.9 Å². The number of anilines is 1. The highest BCUT2D eigenvalue weighted by atomic mass is 32.2. The van der Waals surface area contributed by atoms with E-state index in [1.54, 1.807) is 28.8 Å². The van der Waals surface area contributed by atoms with E-state index in [-0.39, 0.29) is 23.0 Å². The summed E-state index contributed by atoms with van der Waals surface area (Å²) in [5.74, 6) is -0.0184. The van der Waals surface area contributed by atoms with E-state index in [1.807, 2.05) is 10.3 Å². The number of carbonyl (C=O) groups is 1. The highest BCUT2D eigenvalue weighted by Gasteiger charge is 2.22. The van der Waals surface area contributed by atoms with Gasteiger partial charge in [-0.05, 0) is 35.7 Å². The normalized spacial score (nSPS) is 14.3. The number of fused-ring (bicyclic) bond motifs is 1. The molecular weight excluding hydrogens is 423 g/mol. The SMILES string of the molecule is C=CCn1c(SCC(=O)N2CCN(c3ccc(F)cc3)CC2)nc2sccc2c1=O. The van der Waals surface area contributed by atoms with Crippen LogP contribution in [0, 0.1) is 5.82 Å². The molecule has 0 saturated carbocycles. The van der Waals surface area contributed by atoms with Crippen LogP contribution in [0.25, 0.3) is 10.2 Å². The predicted molar refractivity (Wildman–Crippen MR) is 120 cm³/mol.